The number of hydrogen-bond donors (Lipinski definition) is 4. The molecular weight excluding hydrogens is 767 g/mol. The molecule has 60 heavy (non-hydrogen) atoms. The first-order valence-corrected chi connectivity index (χ1v) is 21.4. The van der Waals surface area contributed by atoms with E-state index in [-0.39, 0.29) is 29.8 Å². The molecule has 2 saturated heterocycles. The number of nitrogens with one attached hydrogen (secondary N) is 1. The van der Waals surface area contributed by atoms with Crippen LogP contribution in [0.25, 0.3) is 10.9 Å². The van der Waals surface area contributed by atoms with Crippen molar-refractivity contribution < 1.29 is 43.5 Å². The molecule has 1 spiro atoms. The number of carbonyl (C=O) groups excluding carboxylic acids is 3. The maximum absolute atomic E-state index is 15.4. The predicted octanol–water partition coefficient (Wildman–Crippen LogP) is 3.57. The van der Waals surface area contributed by atoms with Gasteiger partial charge in [0.25, 0.3) is 0 Å². The number of likely N-dealkylation sites (N-methyl/N-ethyl adjacent to an activating group) is 1. The Morgan fingerprint density at radius 2 is 1.73 bits per heavy atom. The molecule has 6 heterocycles. The number of H-pyrrole nitrogens is 1. The molecule has 5 N–H and O–H groups in total. The standard InChI is InChI=1S/C46H59N5O9/c1-8-42(55)22-27-23-45(40(53)58-6,36-29(15-19-50(24-27)25-42)28-13-10-11-14-32(28)48-36)31-21-30-34(33(47)35(31)57-5)49(4)38-44(30)17-20-51-18-12-16-43(9-2,37(44)51)39(60-26(3)52)46(38,56)41(54)59-7/h10-14,16,21,27,37-39,48,55-56H,8-9,15,17-20,22-25,47H2,1-7H3/t27-,37+,38-,39-,42+,43-,44?,45?,46+/m1/s1. The van der Waals surface area contributed by atoms with Crippen LogP contribution >= 0.6 is 0 Å². The van der Waals surface area contributed by atoms with Gasteiger partial charge in [0.15, 0.2) is 6.10 Å². The Hall–Kier alpha value is -4.63. The lowest BCUT2D eigenvalue weighted by molar-refractivity contribution is -0.228. The molecule has 10 atom stereocenters. The summed E-state index contributed by atoms with van der Waals surface area (Å²) in [6, 6.07) is 8.73. The number of methoxy groups -OCH3 is 3. The summed E-state index contributed by atoms with van der Waals surface area (Å²) < 4.78 is 23.9. The topological polar surface area (TPSA) is 180 Å². The fraction of sp³-hybridized carbons (Fsp3) is 0.587. The lowest BCUT2D eigenvalue weighted by Gasteiger charge is -2.63. The summed E-state index contributed by atoms with van der Waals surface area (Å²) in [5, 5.41) is 26.4. The number of carbonyl (C=O) groups is 3. The predicted molar refractivity (Wildman–Crippen MR) is 225 cm³/mol. The zero-order chi connectivity index (χ0) is 42.7. The largest absolute Gasteiger partial charge is 0.494 e. The minimum Gasteiger partial charge on any atom is -0.494 e. The lowest BCUT2D eigenvalue weighted by atomic mass is 9.47. The van der Waals surface area contributed by atoms with E-state index in [2.05, 4.69) is 20.9 Å². The van der Waals surface area contributed by atoms with Gasteiger partial charge in [0.2, 0.25) is 5.60 Å². The van der Waals surface area contributed by atoms with Crippen molar-refractivity contribution in [1.29, 1.82) is 0 Å². The van der Waals surface area contributed by atoms with E-state index in [1.165, 1.54) is 21.1 Å². The minimum absolute atomic E-state index is 0.144. The Labute approximate surface area is 350 Å². The van der Waals surface area contributed by atoms with Gasteiger partial charge in [-0.1, -0.05) is 44.2 Å². The number of fused-ring (bicyclic) bond motifs is 6. The highest BCUT2D eigenvalue weighted by atomic mass is 16.6. The summed E-state index contributed by atoms with van der Waals surface area (Å²) in [7, 11) is 5.99. The molecule has 1 aliphatic carbocycles. The first-order valence-electron chi connectivity index (χ1n) is 21.4. The lowest BCUT2D eigenvalue weighted by Crippen LogP contribution is -2.81. The van der Waals surface area contributed by atoms with Gasteiger partial charge in [0.1, 0.15) is 11.2 Å². The third kappa shape index (κ3) is 5.10. The monoisotopic (exact) mass is 825 g/mol. The van der Waals surface area contributed by atoms with E-state index in [9.17, 15) is 19.8 Å². The molecule has 14 heteroatoms. The zero-order valence-corrected chi connectivity index (χ0v) is 35.8. The Bertz CT molecular complexity index is 2310. The number of esters is 3. The number of nitrogens with two attached hydrogens (primary N) is 1. The average Bonchev–Trinajstić information content (AvgIpc) is 3.90. The number of aliphatic hydroxyl groups is 2. The molecule has 0 amide bonds. The maximum Gasteiger partial charge on any atom is 0.344 e. The number of piperidine rings is 1. The fourth-order valence-electron chi connectivity index (χ4n) is 13.7. The third-order valence-electron chi connectivity index (χ3n) is 15.7. The first kappa shape index (κ1) is 40.8. The smallest absolute Gasteiger partial charge is 0.344 e. The van der Waals surface area contributed by atoms with E-state index in [1.54, 1.807) is 14.2 Å². The number of hydrogen-bond acceptors (Lipinski definition) is 13. The van der Waals surface area contributed by atoms with Crippen LogP contribution in [0.3, 0.4) is 0 Å². The maximum atomic E-state index is 15.4. The molecule has 3 fully saturated rings. The quantitative estimate of drug-likeness (QED) is 0.118. The normalized spacial score (nSPS) is 36.5. The zero-order valence-electron chi connectivity index (χ0n) is 35.8. The van der Waals surface area contributed by atoms with Crippen molar-refractivity contribution in [3.8, 4) is 5.75 Å². The summed E-state index contributed by atoms with van der Waals surface area (Å²) in [6.45, 7) is 8.42. The van der Waals surface area contributed by atoms with Crippen molar-refractivity contribution in [1.82, 2.24) is 14.8 Å². The SMILES string of the molecule is CC[C@]1(O)C[C@H]2CN(CCc3c([nH]c4ccccc34)C(C(=O)OC)(c3cc4c(c(N)c3OC)N(C)[C@@H]3C45CCN4CC=C[C@](CC)([C@H]45)[C@@H](OC(C)=O)[C@]3(O)C(=O)OC)C2)C1. The Morgan fingerprint density at radius 3 is 2.42 bits per heavy atom. The number of rotatable bonds is 7. The summed E-state index contributed by atoms with van der Waals surface area (Å²) >= 11 is 0. The van der Waals surface area contributed by atoms with E-state index in [0.717, 1.165) is 22.0 Å². The van der Waals surface area contributed by atoms with Gasteiger partial charge >= 0.3 is 17.9 Å². The van der Waals surface area contributed by atoms with Crippen LogP contribution < -0.4 is 15.4 Å². The molecular formula is C46H59N5O9. The molecule has 1 saturated carbocycles. The van der Waals surface area contributed by atoms with Gasteiger partial charge in [-0.2, -0.15) is 0 Å². The van der Waals surface area contributed by atoms with Gasteiger partial charge in [-0.15, -0.1) is 0 Å². The van der Waals surface area contributed by atoms with Crippen LogP contribution in [0, 0.1) is 11.3 Å². The summed E-state index contributed by atoms with van der Waals surface area (Å²) in [6.07, 6.45) is 5.63. The number of nitrogens with zero attached hydrogens (tertiary/aromatic N) is 3. The van der Waals surface area contributed by atoms with Crippen LogP contribution in [0.15, 0.2) is 42.5 Å². The van der Waals surface area contributed by atoms with Crippen molar-refractivity contribution >= 4 is 40.2 Å². The second kappa shape index (κ2) is 13.9. The van der Waals surface area contributed by atoms with E-state index in [0.29, 0.717) is 81.8 Å². The summed E-state index contributed by atoms with van der Waals surface area (Å²) in [4.78, 5) is 53.2. The number of benzene rings is 2. The van der Waals surface area contributed by atoms with Crippen LogP contribution in [0.2, 0.25) is 0 Å². The highest BCUT2D eigenvalue weighted by molar-refractivity contribution is 5.97. The van der Waals surface area contributed by atoms with Gasteiger partial charge in [0.05, 0.1) is 44.3 Å². The fourth-order valence-corrected chi connectivity index (χ4v) is 13.7. The van der Waals surface area contributed by atoms with Gasteiger partial charge in [0, 0.05) is 79.2 Å². The first-order chi connectivity index (χ1) is 28.6. The average molecular weight is 826 g/mol. The van der Waals surface area contributed by atoms with Crippen molar-refractivity contribution in [2.45, 2.75) is 99.5 Å². The highest BCUT2D eigenvalue weighted by Crippen LogP contribution is 2.69. The molecule has 14 nitrogen and oxygen atoms in total. The molecule has 1 aromatic heterocycles. The number of para-hydroxylation sites is 1. The van der Waals surface area contributed by atoms with Crippen molar-refractivity contribution in [3.63, 3.8) is 0 Å². The molecule has 3 aromatic rings. The Morgan fingerprint density at radius 1 is 0.983 bits per heavy atom. The van der Waals surface area contributed by atoms with Gasteiger partial charge in [-0.25, -0.2) is 4.79 Å². The Kier molecular flexibility index (Phi) is 9.48. The molecule has 6 aliphatic rings. The second-order valence-corrected chi connectivity index (χ2v) is 18.4. The second-order valence-electron chi connectivity index (χ2n) is 18.4. The number of aromatic nitrogens is 1. The van der Waals surface area contributed by atoms with Crippen molar-refractivity contribution in [2.75, 3.05) is 71.7 Å². The number of anilines is 2. The van der Waals surface area contributed by atoms with Crippen LogP contribution in [-0.4, -0.2) is 133 Å². The number of aromatic amines is 1. The van der Waals surface area contributed by atoms with E-state index in [1.807, 2.05) is 55.2 Å². The summed E-state index contributed by atoms with van der Waals surface area (Å²) in [5.74, 6) is -1.90. The molecule has 5 aliphatic heterocycles. The van der Waals surface area contributed by atoms with Crippen LogP contribution in [0.1, 0.15) is 75.3 Å². The molecule has 2 aromatic carbocycles. The van der Waals surface area contributed by atoms with E-state index < -0.39 is 57.5 Å². The van der Waals surface area contributed by atoms with Crippen LogP contribution in [-0.2, 0) is 45.8 Å². The van der Waals surface area contributed by atoms with Gasteiger partial charge in [-0.3, -0.25) is 19.4 Å². The summed E-state index contributed by atoms with van der Waals surface area (Å²) in [5.41, 5.74) is 5.24. The van der Waals surface area contributed by atoms with Crippen molar-refractivity contribution in [3.05, 3.63) is 64.9 Å². The van der Waals surface area contributed by atoms with Gasteiger partial charge in [-0.05, 0) is 74.2 Å². The highest BCUT2D eigenvalue weighted by Gasteiger charge is 2.80. The molecule has 322 valence electrons. The minimum atomic E-state index is -2.36. The van der Waals surface area contributed by atoms with Crippen LogP contribution in [0.4, 0.5) is 11.4 Å². The number of nitrogen functional groups attached to an aromatic ring is 1. The van der Waals surface area contributed by atoms with Crippen molar-refractivity contribution in [2.24, 2.45) is 11.3 Å². The molecule has 9 rings (SSSR count). The Balaban J connectivity index is 1.39. The van der Waals surface area contributed by atoms with Crippen LogP contribution in [0.5, 0.6) is 5.75 Å². The molecule has 3 unspecified atom stereocenters. The van der Waals surface area contributed by atoms with E-state index >= 15 is 4.79 Å². The van der Waals surface area contributed by atoms with Gasteiger partial charge < -0.3 is 44.8 Å². The third-order valence-corrected chi connectivity index (χ3v) is 15.7. The van der Waals surface area contributed by atoms with E-state index in [4.69, 9.17) is 24.7 Å². The molecule has 2 bridgehead atoms. The molecule has 0 radical (unpaired) electrons. The number of ether oxygens (including phenoxy) is 4.